The van der Waals surface area contributed by atoms with Gasteiger partial charge in [-0.1, -0.05) is 64.9 Å². The fourth-order valence-electron chi connectivity index (χ4n) is 3.89. The molecule has 1 unspecified atom stereocenters. The predicted octanol–water partition coefficient (Wildman–Crippen LogP) is 5.49. The second-order valence-corrected chi connectivity index (χ2v) is 9.45. The van der Waals surface area contributed by atoms with Crippen molar-refractivity contribution in [3.8, 4) is 11.5 Å². The number of aryl methyl sites for hydroxylation is 1. The highest BCUT2D eigenvalue weighted by molar-refractivity contribution is 5.43. The Kier molecular flexibility index (Phi) is 10.3. The molecule has 0 amide bonds. The van der Waals surface area contributed by atoms with Crippen molar-refractivity contribution < 1.29 is 14.6 Å². The summed E-state index contributed by atoms with van der Waals surface area (Å²) in [7, 11) is 1.69. The molecule has 4 heteroatoms. The third kappa shape index (κ3) is 9.39. The molecule has 1 aliphatic rings. The first kappa shape index (κ1) is 24.0. The molecular formula is C25H43NO3. The normalized spacial score (nSPS) is 16.1. The lowest BCUT2D eigenvalue weighted by Crippen LogP contribution is -2.44. The number of nitrogens with two attached hydrogens (primary N) is 1. The van der Waals surface area contributed by atoms with Crippen LogP contribution in [0.25, 0.3) is 0 Å². The van der Waals surface area contributed by atoms with Gasteiger partial charge in [-0.05, 0) is 55.2 Å². The van der Waals surface area contributed by atoms with E-state index in [1.165, 1.54) is 50.5 Å². The van der Waals surface area contributed by atoms with Gasteiger partial charge in [0, 0.05) is 5.54 Å². The monoisotopic (exact) mass is 405 g/mol. The number of methoxy groups -OCH3 is 1. The lowest BCUT2D eigenvalue weighted by atomic mass is 9.88. The summed E-state index contributed by atoms with van der Waals surface area (Å²) >= 11 is 0. The number of aliphatic hydroxyl groups is 1. The lowest BCUT2D eigenvalue weighted by molar-refractivity contribution is 0.172. The maximum absolute atomic E-state index is 9.73. The molecule has 1 aromatic carbocycles. The highest BCUT2D eigenvalue weighted by atomic mass is 16.5. The van der Waals surface area contributed by atoms with E-state index in [2.05, 4.69) is 26.0 Å². The average molecular weight is 406 g/mol. The zero-order valence-electron chi connectivity index (χ0n) is 18.9. The van der Waals surface area contributed by atoms with E-state index in [0.29, 0.717) is 5.92 Å². The minimum Gasteiger partial charge on any atom is -0.493 e. The van der Waals surface area contributed by atoms with Gasteiger partial charge in [-0.3, -0.25) is 0 Å². The van der Waals surface area contributed by atoms with Crippen molar-refractivity contribution in [3.05, 3.63) is 23.8 Å². The summed E-state index contributed by atoms with van der Waals surface area (Å²) in [6.07, 6.45) is 12.7. The fourth-order valence-corrected chi connectivity index (χ4v) is 3.89. The van der Waals surface area contributed by atoms with Gasteiger partial charge >= 0.3 is 0 Å². The lowest BCUT2D eigenvalue weighted by Gasteiger charge is -2.27. The summed E-state index contributed by atoms with van der Waals surface area (Å²) < 4.78 is 11.5. The molecule has 1 aliphatic carbocycles. The number of unbranched alkanes of at least 4 members (excludes halogenated alkanes) is 4. The number of aliphatic hydroxyl groups excluding tert-OH is 1. The zero-order chi connectivity index (χ0) is 21.1. The Bertz CT molecular complexity index is 585. The Morgan fingerprint density at radius 1 is 1.10 bits per heavy atom. The first-order valence-corrected chi connectivity index (χ1v) is 11.7. The van der Waals surface area contributed by atoms with Crippen LogP contribution in [-0.2, 0) is 6.42 Å². The van der Waals surface area contributed by atoms with Gasteiger partial charge in [0.2, 0.25) is 0 Å². The van der Waals surface area contributed by atoms with Gasteiger partial charge < -0.3 is 20.3 Å². The SMILES string of the molecule is COc1cc(CCC(N)(CO)CC2CC2)ccc1OCCCCCCCC(C)C. The summed E-state index contributed by atoms with van der Waals surface area (Å²) in [6.45, 7) is 5.37. The highest BCUT2D eigenvalue weighted by Gasteiger charge is 2.33. The molecule has 0 radical (unpaired) electrons. The van der Waals surface area contributed by atoms with Gasteiger partial charge in [-0.2, -0.15) is 0 Å². The molecule has 1 saturated carbocycles. The Labute approximate surface area is 178 Å². The topological polar surface area (TPSA) is 64.7 Å². The van der Waals surface area contributed by atoms with E-state index in [0.717, 1.165) is 49.7 Å². The van der Waals surface area contributed by atoms with Crippen LogP contribution in [0, 0.1) is 11.8 Å². The third-order valence-electron chi connectivity index (χ3n) is 6.03. The van der Waals surface area contributed by atoms with Crippen LogP contribution in [0.15, 0.2) is 18.2 Å². The second kappa shape index (κ2) is 12.4. The Morgan fingerprint density at radius 2 is 1.83 bits per heavy atom. The first-order chi connectivity index (χ1) is 14.0. The van der Waals surface area contributed by atoms with E-state index in [4.69, 9.17) is 15.2 Å². The summed E-state index contributed by atoms with van der Waals surface area (Å²) in [5.74, 6) is 3.13. The molecule has 0 aromatic heterocycles. The number of ether oxygens (including phenoxy) is 2. The Hall–Kier alpha value is -1.26. The van der Waals surface area contributed by atoms with Crippen LogP contribution < -0.4 is 15.2 Å². The molecule has 1 fully saturated rings. The van der Waals surface area contributed by atoms with Crippen molar-refractivity contribution in [1.82, 2.24) is 0 Å². The van der Waals surface area contributed by atoms with Crippen molar-refractivity contribution in [2.45, 2.75) is 90.0 Å². The molecule has 3 N–H and O–H groups in total. The van der Waals surface area contributed by atoms with E-state index in [1.54, 1.807) is 7.11 Å². The summed E-state index contributed by atoms with van der Waals surface area (Å²) in [4.78, 5) is 0. The maximum atomic E-state index is 9.73. The van der Waals surface area contributed by atoms with Crippen LogP contribution in [0.1, 0.15) is 83.6 Å². The second-order valence-electron chi connectivity index (χ2n) is 9.45. The van der Waals surface area contributed by atoms with Crippen molar-refractivity contribution >= 4 is 0 Å². The fraction of sp³-hybridized carbons (Fsp3) is 0.760. The average Bonchev–Trinajstić information content (AvgIpc) is 3.52. The van der Waals surface area contributed by atoms with Crippen molar-refractivity contribution in [2.75, 3.05) is 20.3 Å². The van der Waals surface area contributed by atoms with Gasteiger partial charge in [0.05, 0.1) is 20.3 Å². The molecule has 4 nitrogen and oxygen atoms in total. The summed E-state index contributed by atoms with van der Waals surface area (Å²) in [5, 5.41) is 9.73. The molecule has 0 bridgehead atoms. The van der Waals surface area contributed by atoms with Crippen molar-refractivity contribution in [1.29, 1.82) is 0 Å². The molecule has 29 heavy (non-hydrogen) atoms. The van der Waals surface area contributed by atoms with E-state index in [9.17, 15) is 5.11 Å². The predicted molar refractivity (Wildman–Crippen MR) is 121 cm³/mol. The van der Waals surface area contributed by atoms with E-state index in [-0.39, 0.29) is 6.61 Å². The summed E-state index contributed by atoms with van der Waals surface area (Å²) in [6, 6.07) is 6.16. The minimum absolute atomic E-state index is 0.0549. The van der Waals surface area contributed by atoms with Crippen LogP contribution in [0.4, 0.5) is 0 Å². The molecule has 0 saturated heterocycles. The van der Waals surface area contributed by atoms with Gasteiger partial charge in [-0.15, -0.1) is 0 Å². The summed E-state index contributed by atoms with van der Waals surface area (Å²) in [5.41, 5.74) is 7.14. The molecule has 0 heterocycles. The molecular weight excluding hydrogens is 362 g/mol. The van der Waals surface area contributed by atoms with Crippen LogP contribution >= 0.6 is 0 Å². The molecule has 1 atom stereocenters. The van der Waals surface area contributed by atoms with Gasteiger partial charge in [0.25, 0.3) is 0 Å². The van der Waals surface area contributed by atoms with Crippen LogP contribution in [0.5, 0.6) is 11.5 Å². The number of hydrogen-bond donors (Lipinski definition) is 2. The van der Waals surface area contributed by atoms with Gasteiger partial charge in [0.1, 0.15) is 0 Å². The number of hydrogen-bond acceptors (Lipinski definition) is 4. The zero-order valence-corrected chi connectivity index (χ0v) is 18.9. The largest absolute Gasteiger partial charge is 0.493 e. The third-order valence-corrected chi connectivity index (χ3v) is 6.03. The number of benzene rings is 1. The highest BCUT2D eigenvalue weighted by Crippen LogP contribution is 2.37. The van der Waals surface area contributed by atoms with Crippen LogP contribution in [0.3, 0.4) is 0 Å². The van der Waals surface area contributed by atoms with Crippen LogP contribution in [0.2, 0.25) is 0 Å². The molecule has 0 aliphatic heterocycles. The first-order valence-electron chi connectivity index (χ1n) is 11.7. The van der Waals surface area contributed by atoms with E-state index < -0.39 is 5.54 Å². The molecule has 2 rings (SSSR count). The van der Waals surface area contributed by atoms with Gasteiger partial charge in [0.15, 0.2) is 11.5 Å². The number of rotatable bonds is 16. The van der Waals surface area contributed by atoms with Gasteiger partial charge in [-0.25, -0.2) is 0 Å². The smallest absolute Gasteiger partial charge is 0.161 e. The molecule has 1 aromatic rings. The maximum Gasteiger partial charge on any atom is 0.161 e. The quantitative estimate of drug-likeness (QED) is 0.357. The van der Waals surface area contributed by atoms with Crippen LogP contribution in [-0.4, -0.2) is 31.0 Å². The Balaban J connectivity index is 1.72. The van der Waals surface area contributed by atoms with E-state index >= 15 is 0 Å². The van der Waals surface area contributed by atoms with Crippen molar-refractivity contribution in [2.24, 2.45) is 17.6 Å². The molecule has 166 valence electrons. The van der Waals surface area contributed by atoms with E-state index in [1.807, 2.05) is 6.07 Å². The molecule has 0 spiro atoms. The van der Waals surface area contributed by atoms with Crippen molar-refractivity contribution in [3.63, 3.8) is 0 Å². The minimum atomic E-state index is -0.460. The Morgan fingerprint density at radius 3 is 2.48 bits per heavy atom. The standard InChI is InChI=1S/C25H43NO3/c1-20(2)9-7-5-4-6-8-16-29-23-13-12-21(17-24(23)28-3)14-15-25(26,19-27)18-22-10-11-22/h12-13,17,20,22,27H,4-11,14-16,18-19,26H2,1-3H3.